The molecule has 16 heavy (non-hydrogen) atoms. The van der Waals surface area contributed by atoms with Crippen molar-refractivity contribution in [3.63, 3.8) is 0 Å². The van der Waals surface area contributed by atoms with Gasteiger partial charge in [-0.25, -0.2) is 0 Å². The third kappa shape index (κ3) is 7.65. The van der Waals surface area contributed by atoms with E-state index in [-0.39, 0.29) is 5.97 Å². The van der Waals surface area contributed by atoms with Crippen LogP contribution in [0, 0.1) is 0 Å². The van der Waals surface area contributed by atoms with Crippen molar-refractivity contribution in [2.75, 3.05) is 26.2 Å². The summed E-state index contributed by atoms with van der Waals surface area (Å²) in [6.45, 7) is 8.57. The van der Waals surface area contributed by atoms with Crippen LogP contribution in [0.5, 0.6) is 0 Å². The summed E-state index contributed by atoms with van der Waals surface area (Å²) >= 11 is 0. The van der Waals surface area contributed by atoms with Crippen LogP contribution < -0.4 is 5.73 Å². The third-order valence-corrected chi connectivity index (χ3v) is 2.52. The first-order valence-electron chi connectivity index (χ1n) is 6.21. The molecule has 2 N–H and O–H groups in total. The fourth-order valence-electron chi connectivity index (χ4n) is 1.53. The van der Waals surface area contributed by atoms with Gasteiger partial charge in [0.05, 0.1) is 13.2 Å². The molecule has 0 amide bonds. The summed E-state index contributed by atoms with van der Waals surface area (Å²) in [6.07, 6.45) is 3.28. The van der Waals surface area contributed by atoms with Gasteiger partial charge in [0.1, 0.15) is 0 Å². The Bertz CT molecular complexity index is 184. The summed E-state index contributed by atoms with van der Waals surface area (Å²) in [5.74, 6) is -0.130. The number of carbonyl (C=O) groups is 1. The molecule has 0 aliphatic carbocycles. The van der Waals surface area contributed by atoms with Crippen LogP contribution in [0.15, 0.2) is 0 Å². The number of nitrogens with two attached hydrogens (primary N) is 1. The zero-order valence-electron chi connectivity index (χ0n) is 10.9. The van der Waals surface area contributed by atoms with Crippen LogP contribution in [0.2, 0.25) is 0 Å². The van der Waals surface area contributed by atoms with E-state index >= 15 is 0 Å². The van der Waals surface area contributed by atoms with Crippen molar-refractivity contribution in [3.05, 3.63) is 0 Å². The first-order chi connectivity index (χ1) is 7.61. The lowest BCUT2D eigenvalue weighted by Gasteiger charge is -2.25. The highest BCUT2D eigenvalue weighted by atomic mass is 16.5. The number of esters is 1. The lowest BCUT2D eigenvalue weighted by Crippen LogP contribution is -2.37. The number of rotatable bonds is 9. The predicted molar refractivity (Wildman–Crippen MR) is 66.2 cm³/mol. The van der Waals surface area contributed by atoms with Crippen molar-refractivity contribution < 1.29 is 9.53 Å². The molecule has 0 aromatic heterocycles. The van der Waals surface area contributed by atoms with Gasteiger partial charge in [-0.1, -0.05) is 6.42 Å². The van der Waals surface area contributed by atoms with Crippen LogP contribution in [0.1, 0.15) is 40.0 Å². The second-order valence-corrected chi connectivity index (χ2v) is 4.22. The van der Waals surface area contributed by atoms with E-state index in [1.807, 2.05) is 6.92 Å². The Kier molecular flexibility index (Phi) is 9.24. The highest BCUT2D eigenvalue weighted by Crippen LogP contribution is 2.03. The molecule has 0 aliphatic rings. The first kappa shape index (κ1) is 15.4. The van der Waals surface area contributed by atoms with Gasteiger partial charge < -0.3 is 10.5 Å². The zero-order chi connectivity index (χ0) is 12.4. The molecule has 0 atom stereocenters. The quantitative estimate of drug-likeness (QED) is 0.480. The second-order valence-electron chi connectivity index (χ2n) is 4.22. The maximum absolute atomic E-state index is 11.4. The van der Waals surface area contributed by atoms with Gasteiger partial charge in [0.25, 0.3) is 0 Å². The fourth-order valence-corrected chi connectivity index (χ4v) is 1.53. The van der Waals surface area contributed by atoms with Gasteiger partial charge in [-0.2, -0.15) is 0 Å². The SMILES string of the molecule is CCOC(=O)CN(CCCCCN)C(C)C. The Morgan fingerprint density at radius 2 is 2.00 bits per heavy atom. The van der Waals surface area contributed by atoms with E-state index in [0.29, 0.717) is 19.2 Å². The largest absolute Gasteiger partial charge is 0.465 e. The van der Waals surface area contributed by atoms with Crippen LogP contribution in [0.25, 0.3) is 0 Å². The lowest BCUT2D eigenvalue weighted by atomic mass is 10.2. The van der Waals surface area contributed by atoms with Crippen LogP contribution in [-0.4, -0.2) is 43.2 Å². The Hall–Kier alpha value is -0.610. The molecule has 4 heteroatoms. The average Bonchev–Trinajstić information content (AvgIpc) is 2.22. The molecule has 0 unspecified atom stereocenters. The summed E-state index contributed by atoms with van der Waals surface area (Å²) in [6, 6.07) is 0.377. The van der Waals surface area contributed by atoms with Gasteiger partial charge in [0, 0.05) is 6.04 Å². The van der Waals surface area contributed by atoms with Crippen molar-refractivity contribution >= 4 is 5.97 Å². The second kappa shape index (κ2) is 9.60. The molecule has 0 fully saturated rings. The smallest absolute Gasteiger partial charge is 0.320 e. The van der Waals surface area contributed by atoms with Crippen molar-refractivity contribution in [2.24, 2.45) is 5.73 Å². The Morgan fingerprint density at radius 1 is 1.31 bits per heavy atom. The summed E-state index contributed by atoms with van der Waals surface area (Å²) in [4.78, 5) is 13.5. The molecule has 4 nitrogen and oxygen atoms in total. The van der Waals surface area contributed by atoms with E-state index < -0.39 is 0 Å². The zero-order valence-corrected chi connectivity index (χ0v) is 10.9. The predicted octanol–water partition coefficient (Wildman–Crippen LogP) is 1.39. The molecule has 0 aromatic rings. The molecule has 0 saturated heterocycles. The van der Waals surface area contributed by atoms with Crippen molar-refractivity contribution in [2.45, 2.75) is 46.1 Å². The Labute approximate surface area is 99.1 Å². The summed E-state index contributed by atoms with van der Waals surface area (Å²) in [5, 5.41) is 0. The molecule has 0 heterocycles. The maximum atomic E-state index is 11.4. The Morgan fingerprint density at radius 3 is 2.50 bits per heavy atom. The number of nitrogens with zero attached hydrogens (tertiary/aromatic N) is 1. The van der Waals surface area contributed by atoms with Gasteiger partial charge in [0.15, 0.2) is 0 Å². The topological polar surface area (TPSA) is 55.6 Å². The first-order valence-corrected chi connectivity index (χ1v) is 6.21. The van der Waals surface area contributed by atoms with E-state index in [0.717, 1.165) is 32.4 Å². The molecule has 0 aliphatic heterocycles. The average molecular weight is 230 g/mol. The number of carbonyl (C=O) groups excluding carboxylic acids is 1. The molecule has 0 bridgehead atoms. The van der Waals surface area contributed by atoms with E-state index in [4.69, 9.17) is 10.5 Å². The van der Waals surface area contributed by atoms with Gasteiger partial charge in [-0.15, -0.1) is 0 Å². The van der Waals surface area contributed by atoms with E-state index in [1.165, 1.54) is 0 Å². The molecule has 0 radical (unpaired) electrons. The lowest BCUT2D eigenvalue weighted by molar-refractivity contribution is -0.144. The van der Waals surface area contributed by atoms with Crippen molar-refractivity contribution in [3.8, 4) is 0 Å². The third-order valence-electron chi connectivity index (χ3n) is 2.52. The van der Waals surface area contributed by atoms with Crippen LogP contribution in [0.4, 0.5) is 0 Å². The number of hydrogen-bond acceptors (Lipinski definition) is 4. The van der Waals surface area contributed by atoms with Crippen LogP contribution in [-0.2, 0) is 9.53 Å². The minimum atomic E-state index is -0.130. The highest BCUT2D eigenvalue weighted by molar-refractivity contribution is 5.71. The molecular weight excluding hydrogens is 204 g/mol. The van der Waals surface area contributed by atoms with Gasteiger partial charge >= 0.3 is 5.97 Å². The van der Waals surface area contributed by atoms with E-state index in [9.17, 15) is 4.79 Å². The maximum Gasteiger partial charge on any atom is 0.320 e. The highest BCUT2D eigenvalue weighted by Gasteiger charge is 2.13. The molecule has 0 aromatic carbocycles. The number of ether oxygens (including phenoxy) is 1. The van der Waals surface area contributed by atoms with E-state index in [2.05, 4.69) is 18.7 Å². The van der Waals surface area contributed by atoms with Gasteiger partial charge in [0.2, 0.25) is 0 Å². The fraction of sp³-hybridized carbons (Fsp3) is 0.917. The van der Waals surface area contributed by atoms with Crippen molar-refractivity contribution in [1.82, 2.24) is 4.90 Å². The molecule has 96 valence electrons. The molecule has 0 rings (SSSR count). The van der Waals surface area contributed by atoms with Crippen LogP contribution in [0.3, 0.4) is 0 Å². The number of hydrogen-bond donors (Lipinski definition) is 1. The monoisotopic (exact) mass is 230 g/mol. The number of unbranched alkanes of at least 4 members (excludes halogenated alkanes) is 2. The minimum absolute atomic E-state index is 0.130. The minimum Gasteiger partial charge on any atom is -0.465 e. The van der Waals surface area contributed by atoms with Crippen molar-refractivity contribution in [1.29, 1.82) is 0 Å². The van der Waals surface area contributed by atoms with Gasteiger partial charge in [-0.05, 0) is 46.7 Å². The Balaban J connectivity index is 3.83. The van der Waals surface area contributed by atoms with Gasteiger partial charge in [-0.3, -0.25) is 9.69 Å². The molecule has 0 saturated carbocycles. The normalized spacial score (nSPS) is 11.1. The molecule has 0 spiro atoms. The van der Waals surface area contributed by atoms with Crippen LogP contribution >= 0.6 is 0 Å². The molecular formula is C12H26N2O2. The standard InChI is InChI=1S/C12H26N2O2/c1-4-16-12(15)10-14(11(2)3)9-7-5-6-8-13/h11H,4-10,13H2,1-3H3. The summed E-state index contributed by atoms with van der Waals surface area (Å²) < 4.78 is 4.95. The summed E-state index contributed by atoms with van der Waals surface area (Å²) in [7, 11) is 0. The summed E-state index contributed by atoms with van der Waals surface area (Å²) in [5.41, 5.74) is 5.44. The van der Waals surface area contributed by atoms with E-state index in [1.54, 1.807) is 0 Å².